The summed E-state index contributed by atoms with van der Waals surface area (Å²) < 4.78 is 10.7. The van der Waals surface area contributed by atoms with Crippen LogP contribution in [-0.4, -0.2) is 38.3 Å². The van der Waals surface area contributed by atoms with E-state index in [0.29, 0.717) is 33.6 Å². The molecule has 3 rings (SSSR count). The number of hydrogen-bond acceptors (Lipinski definition) is 5. The molecule has 0 bridgehead atoms. The molecule has 1 aliphatic heterocycles. The zero-order valence-electron chi connectivity index (χ0n) is 19.1. The van der Waals surface area contributed by atoms with Gasteiger partial charge in [-0.25, -0.2) is 0 Å². The van der Waals surface area contributed by atoms with Crippen LogP contribution in [0.1, 0.15) is 32.4 Å². The van der Waals surface area contributed by atoms with Crippen molar-refractivity contribution in [2.75, 3.05) is 37.5 Å². The molecule has 2 aromatic carbocycles. The Kier molecular flexibility index (Phi) is 7.58. The summed E-state index contributed by atoms with van der Waals surface area (Å²) in [6.45, 7) is 7.98. The standard InChI is InChI=1S/C24H30N4O3S/c1-6-28(7-2)17-10-8-16(9-11-17)22-21(15(3)25-24(32)27-22)23(29)26-19-13-12-18(30-4)14-20(19)31-5/h8-14,22H,6-7H2,1-5H3,(H,26,29)(H2,25,27,32). The average molecular weight is 455 g/mol. The van der Waals surface area contributed by atoms with Gasteiger partial charge < -0.3 is 30.3 Å². The van der Waals surface area contributed by atoms with Crippen LogP contribution < -0.4 is 30.3 Å². The topological polar surface area (TPSA) is 74.9 Å². The minimum absolute atomic E-state index is 0.244. The first kappa shape index (κ1) is 23.4. The second-order valence-electron chi connectivity index (χ2n) is 7.35. The molecule has 0 saturated carbocycles. The number of rotatable bonds is 8. The van der Waals surface area contributed by atoms with E-state index in [0.717, 1.165) is 24.3 Å². The third-order valence-corrected chi connectivity index (χ3v) is 5.75. The number of methoxy groups -OCH3 is 2. The largest absolute Gasteiger partial charge is 0.497 e. The van der Waals surface area contributed by atoms with Crippen molar-refractivity contribution in [3.8, 4) is 11.5 Å². The number of carbonyl (C=O) groups is 1. The molecule has 1 atom stereocenters. The molecule has 8 heteroatoms. The highest BCUT2D eigenvalue weighted by atomic mass is 32.1. The molecule has 32 heavy (non-hydrogen) atoms. The molecule has 1 aliphatic rings. The highest BCUT2D eigenvalue weighted by molar-refractivity contribution is 7.80. The number of allylic oxidation sites excluding steroid dienone is 1. The first-order valence-electron chi connectivity index (χ1n) is 10.6. The maximum Gasteiger partial charge on any atom is 0.255 e. The van der Waals surface area contributed by atoms with Crippen molar-refractivity contribution in [2.24, 2.45) is 0 Å². The monoisotopic (exact) mass is 454 g/mol. The molecule has 0 saturated heterocycles. The van der Waals surface area contributed by atoms with Crippen LogP contribution in [0.4, 0.5) is 11.4 Å². The number of amides is 1. The normalized spacial score (nSPS) is 15.5. The van der Waals surface area contributed by atoms with Crippen LogP contribution in [-0.2, 0) is 4.79 Å². The van der Waals surface area contributed by atoms with Gasteiger partial charge in [-0.15, -0.1) is 0 Å². The van der Waals surface area contributed by atoms with Gasteiger partial charge >= 0.3 is 0 Å². The van der Waals surface area contributed by atoms with E-state index in [4.69, 9.17) is 21.7 Å². The fourth-order valence-corrected chi connectivity index (χ4v) is 4.07. The van der Waals surface area contributed by atoms with Gasteiger partial charge in [-0.05, 0) is 62.8 Å². The zero-order valence-corrected chi connectivity index (χ0v) is 19.9. The molecule has 3 N–H and O–H groups in total. The van der Waals surface area contributed by atoms with Gasteiger partial charge in [-0.3, -0.25) is 4.79 Å². The average Bonchev–Trinajstić information content (AvgIpc) is 2.80. The van der Waals surface area contributed by atoms with E-state index < -0.39 is 0 Å². The number of carbonyl (C=O) groups excluding carboxylic acids is 1. The Morgan fingerprint density at radius 3 is 2.38 bits per heavy atom. The minimum Gasteiger partial charge on any atom is -0.497 e. The molecule has 0 spiro atoms. The molecule has 170 valence electrons. The third kappa shape index (κ3) is 4.96. The summed E-state index contributed by atoms with van der Waals surface area (Å²) in [4.78, 5) is 15.6. The predicted molar refractivity (Wildman–Crippen MR) is 132 cm³/mol. The lowest BCUT2D eigenvalue weighted by molar-refractivity contribution is -0.113. The third-order valence-electron chi connectivity index (χ3n) is 5.53. The number of nitrogens with one attached hydrogen (secondary N) is 3. The summed E-state index contributed by atoms with van der Waals surface area (Å²) >= 11 is 5.37. The van der Waals surface area contributed by atoms with Crippen LogP contribution in [0.5, 0.6) is 11.5 Å². The first-order valence-corrected chi connectivity index (χ1v) is 11.0. The Labute approximate surface area is 194 Å². The first-order chi connectivity index (χ1) is 15.4. The smallest absolute Gasteiger partial charge is 0.255 e. The molecule has 0 fully saturated rings. The number of thiocarbonyl (C=S) groups is 1. The van der Waals surface area contributed by atoms with E-state index in [2.05, 4.69) is 46.8 Å². The van der Waals surface area contributed by atoms with Crippen molar-refractivity contribution in [3.05, 3.63) is 59.3 Å². The molecule has 7 nitrogen and oxygen atoms in total. The number of ether oxygens (including phenoxy) is 2. The lowest BCUT2D eigenvalue weighted by Crippen LogP contribution is -2.45. The highest BCUT2D eigenvalue weighted by Crippen LogP contribution is 2.32. The maximum atomic E-state index is 13.4. The SMILES string of the molecule is CCN(CC)c1ccc(C2NC(=S)NC(C)=C2C(=O)Nc2ccc(OC)cc2OC)cc1. The summed E-state index contributed by atoms with van der Waals surface area (Å²) in [5, 5.41) is 9.76. The zero-order chi connectivity index (χ0) is 23.3. The van der Waals surface area contributed by atoms with Crippen LogP contribution in [0, 0.1) is 0 Å². The molecule has 0 aliphatic carbocycles. The Morgan fingerprint density at radius 2 is 1.78 bits per heavy atom. The van der Waals surface area contributed by atoms with Crippen LogP contribution in [0.25, 0.3) is 0 Å². The summed E-state index contributed by atoms with van der Waals surface area (Å²) in [5.41, 5.74) is 3.92. The van der Waals surface area contributed by atoms with Crippen molar-refractivity contribution in [2.45, 2.75) is 26.8 Å². The number of hydrogen-bond donors (Lipinski definition) is 3. The molecular formula is C24H30N4O3S. The molecule has 0 radical (unpaired) electrons. The van der Waals surface area contributed by atoms with E-state index in [1.807, 2.05) is 19.1 Å². The fourth-order valence-electron chi connectivity index (χ4n) is 3.80. The molecule has 1 heterocycles. The molecule has 1 unspecified atom stereocenters. The number of nitrogens with zero attached hydrogens (tertiary/aromatic N) is 1. The Hall–Kier alpha value is -3.26. The summed E-state index contributed by atoms with van der Waals surface area (Å²) in [6, 6.07) is 13.1. The Bertz CT molecular complexity index is 1020. The Morgan fingerprint density at radius 1 is 1.09 bits per heavy atom. The minimum atomic E-state index is -0.376. The van der Waals surface area contributed by atoms with Crippen LogP contribution in [0.3, 0.4) is 0 Å². The lowest BCUT2D eigenvalue weighted by Gasteiger charge is -2.31. The summed E-state index contributed by atoms with van der Waals surface area (Å²) in [5.74, 6) is 0.919. The van der Waals surface area contributed by atoms with Crippen LogP contribution in [0.2, 0.25) is 0 Å². The van der Waals surface area contributed by atoms with E-state index in [1.165, 1.54) is 0 Å². The van der Waals surface area contributed by atoms with Crippen molar-refractivity contribution in [1.82, 2.24) is 10.6 Å². The van der Waals surface area contributed by atoms with Gasteiger partial charge in [-0.2, -0.15) is 0 Å². The van der Waals surface area contributed by atoms with Crippen molar-refractivity contribution < 1.29 is 14.3 Å². The van der Waals surface area contributed by atoms with E-state index in [9.17, 15) is 4.79 Å². The van der Waals surface area contributed by atoms with Crippen LogP contribution in [0.15, 0.2) is 53.7 Å². The van der Waals surface area contributed by atoms with E-state index in [1.54, 1.807) is 32.4 Å². The van der Waals surface area contributed by atoms with E-state index in [-0.39, 0.29) is 11.9 Å². The molecule has 0 aromatic heterocycles. The number of anilines is 2. The lowest BCUT2D eigenvalue weighted by atomic mass is 9.94. The molecular weight excluding hydrogens is 424 g/mol. The quantitative estimate of drug-likeness (QED) is 0.521. The van der Waals surface area contributed by atoms with Gasteiger partial charge in [0.1, 0.15) is 11.5 Å². The van der Waals surface area contributed by atoms with Gasteiger partial charge in [0.25, 0.3) is 5.91 Å². The summed E-state index contributed by atoms with van der Waals surface area (Å²) in [6.07, 6.45) is 0. The second-order valence-corrected chi connectivity index (χ2v) is 7.76. The van der Waals surface area contributed by atoms with Crippen molar-refractivity contribution >= 4 is 34.6 Å². The van der Waals surface area contributed by atoms with E-state index >= 15 is 0 Å². The van der Waals surface area contributed by atoms with Gasteiger partial charge in [0.05, 0.1) is 31.5 Å². The van der Waals surface area contributed by atoms with Gasteiger partial charge in [0.2, 0.25) is 0 Å². The van der Waals surface area contributed by atoms with Crippen molar-refractivity contribution in [1.29, 1.82) is 0 Å². The maximum absolute atomic E-state index is 13.4. The van der Waals surface area contributed by atoms with Gasteiger partial charge in [0.15, 0.2) is 5.11 Å². The van der Waals surface area contributed by atoms with Gasteiger partial charge in [0, 0.05) is 30.5 Å². The predicted octanol–water partition coefficient (Wildman–Crippen LogP) is 3.98. The molecule has 1 amide bonds. The second kappa shape index (κ2) is 10.4. The fraction of sp³-hybridized carbons (Fsp3) is 0.333. The summed E-state index contributed by atoms with van der Waals surface area (Å²) in [7, 11) is 3.14. The van der Waals surface area contributed by atoms with Gasteiger partial charge in [-0.1, -0.05) is 12.1 Å². The Balaban J connectivity index is 1.92. The highest BCUT2D eigenvalue weighted by Gasteiger charge is 2.30. The molecule has 2 aromatic rings. The van der Waals surface area contributed by atoms with Crippen LogP contribution >= 0.6 is 12.2 Å². The van der Waals surface area contributed by atoms with Crippen molar-refractivity contribution in [3.63, 3.8) is 0 Å². The number of benzene rings is 2.